The highest BCUT2D eigenvalue weighted by Crippen LogP contribution is 2.25. The van der Waals surface area contributed by atoms with Gasteiger partial charge in [-0.25, -0.2) is 9.18 Å². The summed E-state index contributed by atoms with van der Waals surface area (Å²) in [4.78, 5) is 23.8. The molecule has 4 nitrogen and oxygen atoms in total. The first-order valence-corrected chi connectivity index (χ1v) is 5.70. The fraction of sp³-hybridized carbons (Fsp3) is 0.333. The molecule has 0 bridgehead atoms. The van der Waals surface area contributed by atoms with Crippen molar-refractivity contribution < 1.29 is 19.1 Å². The molecule has 0 fully saturated rings. The molecule has 0 spiro atoms. The number of halogens is 2. The fourth-order valence-electron chi connectivity index (χ4n) is 1.78. The number of rotatable bonds is 4. The molecule has 0 aliphatic heterocycles. The standard InChI is InChI=1S/C12H13ClFNO3/c1-3-15(7(2)16)11(12(17)18)8-4-9(13)6-10(14)5-8/h4-6,11H,3H2,1-2H3,(H,17,18). The van der Waals surface area contributed by atoms with Crippen LogP contribution in [0.3, 0.4) is 0 Å². The summed E-state index contributed by atoms with van der Waals surface area (Å²) in [6.45, 7) is 3.12. The lowest BCUT2D eigenvalue weighted by atomic mass is 10.0. The van der Waals surface area contributed by atoms with Gasteiger partial charge in [-0.15, -0.1) is 0 Å². The van der Waals surface area contributed by atoms with Crippen LogP contribution in [0.1, 0.15) is 25.5 Å². The van der Waals surface area contributed by atoms with Crippen LogP contribution in [0.4, 0.5) is 4.39 Å². The van der Waals surface area contributed by atoms with E-state index in [9.17, 15) is 19.1 Å². The van der Waals surface area contributed by atoms with Crippen LogP contribution in [0.5, 0.6) is 0 Å². The minimum absolute atomic E-state index is 0.0934. The molecular weight excluding hydrogens is 261 g/mol. The van der Waals surface area contributed by atoms with E-state index >= 15 is 0 Å². The topological polar surface area (TPSA) is 57.6 Å². The lowest BCUT2D eigenvalue weighted by Crippen LogP contribution is -2.37. The minimum atomic E-state index is -1.24. The second-order valence-corrected chi connectivity index (χ2v) is 4.19. The van der Waals surface area contributed by atoms with Crippen molar-refractivity contribution in [3.8, 4) is 0 Å². The molecular formula is C12H13ClFNO3. The van der Waals surface area contributed by atoms with Crippen LogP contribution in [-0.2, 0) is 9.59 Å². The summed E-state index contributed by atoms with van der Waals surface area (Å²) >= 11 is 5.69. The molecule has 1 amide bonds. The average Bonchev–Trinajstić information content (AvgIpc) is 2.22. The van der Waals surface area contributed by atoms with Crippen LogP contribution >= 0.6 is 11.6 Å². The molecule has 1 atom stereocenters. The Labute approximate surface area is 109 Å². The number of carbonyl (C=O) groups is 2. The number of likely N-dealkylation sites (N-methyl/N-ethyl adjacent to an activating group) is 1. The quantitative estimate of drug-likeness (QED) is 0.917. The van der Waals surface area contributed by atoms with Crippen molar-refractivity contribution in [3.05, 3.63) is 34.6 Å². The Kier molecular flexibility index (Phi) is 4.67. The lowest BCUT2D eigenvalue weighted by molar-refractivity contribution is -0.149. The predicted molar refractivity (Wildman–Crippen MR) is 64.8 cm³/mol. The third-order valence-corrected chi connectivity index (χ3v) is 2.71. The van der Waals surface area contributed by atoms with Crippen LogP contribution in [0.2, 0.25) is 5.02 Å². The summed E-state index contributed by atoms with van der Waals surface area (Å²) in [7, 11) is 0. The van der Waals surface area contributed by atoms with E-state index in [4.69, 9.17) is 11.6 Å². The van der Waals surface area contributed by atoms with Gasteiger partial charge in [-0.3, -0.25) is 4.79 Å². The zero-order chi connectivity index (χ0) is 13.9. The van der Waals surface area contributed by atoms with Crippen molar-refractivity contribution in [3.63, 3.8) is 0 Å². The van der Waals surface area contributed by atoms with E-state index in [1.165, 1.54) is 13.0 Å². The maximum Gasteiger partial charge on any atom is 0.331 e. The third-order valence-electron chi connectivity index (χ3n) is 2.49. The maximum atomic E-state index is 13.2. The first-order valence-electron chi connectivity index (χ1n) is 5.32. The first-order chi connectivity index (χ1) is 8.36. The highest BCUT2D eigenvalue weighted by Gasteiger charge is 2.28. The second kappa shape index (κ2) is 5.82. The van der Waals surface area contributed by atoms with Crippen LogP contribution < -0.4 is 0 Å². The van der Waals surface area contributed by atoms with Crippen molar-refractivity contribution in [2.75, 3.05) is 6.54 Å². The summed E-state index contributed by atoms with van der Waals surface area (Å²) in [5, 5.41) is 9.29. The van der Waals surface area contributed by atoms with Crippen molar-refractivity contribution >= 4 is 23.5 Å². The number of hydrogen-bond donors (Lipinski definition) is 1. The van der Waals surface area contributed by atoms with E-state index in [2.05, 4.69) is 0 Å². The Morgan fingerprint density at radius 3 is 2.44 bits per heavy atom. The average molecular weight is 274 g/mol. The van der Waals surface area contributed by atoms with Gasteiger partial charge in [0.2, 0.25) is 5.91 Å². The van der Waals surface area contributed by atoms with Crippen molar-refractivity contribution in [1.82, 2.24) is 4.90 Å². The normalized spacial score (nSPS) is 12.0. The zero-order valence-corrected chi connectivity index (χ0v) is 10.7. The summed E-state index contributed by atoms with van der Waals surface area (Å²) in [6, 6.07) is 2.25. The number of carbonyl (C=O) groups excluding carboxylic acids is 1. The van der Waals surface area contributed by atoms with Gasteiger partial charge in [-0.1, -0.05) is 11.6 Å². The van der Waals surface area contributed by atoms with E-state index < -0.39 is 23.7 Å². The van der Waals surface area contributed by atoms with Gasteiger partial charge in [0.1, 0.15) is 5.82 Å². The Morgan fingerprint density at radius 2 is 2.06 bits per heavy atom. The van der Waals surface area contributed by atoms with Gasteiger partial charge in [-0.05, 0) is 30.7 Å². The SMILES string of the molecule is CCN(C(C)=O)C(C(=O)O)c1cc(F)cc(Cl)c1. The molecule has 0 aliphatic rings. The Hall–Kier alpha value is -1.62. The summed E-state index contributed by atoms with van der Waals surface area (Å²) < 4.78 is 13.2. The van der Waals surface area contributed by atoms with Gasteiger partial charge in [0.25, 0.3) is 0 Å². The van der Waals surface area contributed by atoms with E-state index in [0.29, 0.717) is 0 Å². The van der Waals surface area contributed by atoms with Gasteiger partial charge < -0.3 is 10.0 Å². The van der Waals surface area contributed by atoms with Crippen LogP contribution in [0.25, 0.3) is 0 Å². The molecule has 0 saturated heterocycles. The summed E-state index contributed by atoms with van der Waals surface area (Å²) in [5.74, 6) is -2.26. The van der Waals surface area contributed by atoms with Crippen LogP contribution in [0, 0.1) is 5.82 Å². The molecule has 1 rings (SSSR count). The van der Waals surface area contributed by atoms with Gasteiger partial charge in [0.15, 0.2) is 6.04 Å². The maximum absolute atomic E-state index is 13.2. The molecule has 6 heteroatoms. The Balaban J connectivity index is 3.27. The second-order valence-electron chi connectivity index (χ2n) is 3.75. The van der Waals surface area contributed by atoms with Crippen LogP contribution in [0.15, 0.2) is 18.2 Å². The summed E-state index contributed by atoms with van der Waals surface area (Å²) in [5.41, 5.74) is 0.143. The summed E-state index contributed by atoms with van der Waals surface area (Å²) in [6.07, 6.45) is 0. The monoisotopic (exact) mass is 273 g/mol. The number of benzene rings is 1. The number of amides is 1. The van der Waals surface area contributed by atoms with Gasteiger partial charge in [0, 0.05) is 18.5 Å². The molecule has 1 unspecified atom stereocenters. The third kappa shape index (κ3) is 3.20. The van der Waals surface area contributed by atoms with Crippen LogP contribution in [-0.4, -0.2) is 28.4 Å². The molecule has 0 aromatic heterocycles. The van der Waals surface area contributed by atoms with E-state index in [1.54, 1.807) is 6.92 Å². The molecule has 18 heavy (non-hydrogen) atoms. The number of hydrogen-bond acceptors (Lipinski definition) is 2. The number of carboxylic acids is 1. The number of carboxylic acid groups (broad SMARTS) is 1. The highest BCUT2D eigenvalue weighted by molar-refractivity contribution is 6.30. The molecule has 1 aromatic carbocycles. The van der Waals surface area contributed by atoms with E-state index in [-0.39, 0.29) is 17.1 Å². The number of nitrogens with zero attached hydrogens (tertiary/aromatic N) is 1. The lowest BCUT2D eigenvalue weighted by Gasteiger charge is -2.27. The van der Waals surface area contributed by atoms with E-state index in [1.807, 2.05) is 0 Å². The zero-order valence-electron chi connectivity index (χ0n) is 9.98. The molecule has 98 valence electrons. The molecule has 0 aliphatic carbocycles. The van der Waals surface area contributed by atoms with Gasteiger partial charge in [-0.2, -0.15) is 0 Å². The molecule has 0 radical (unpaired) electrons. The van der Waals surface area contributed by atoms with E-state index in [0.717, 1.165) is 17.0 Å². The highest BCUT2D eigenvalue weighted by atomic mass is 35.5. The predicted octanol–water partition coefficient (Wildman–Crippen LogP) is 2.47. The van der Waals surface area contributed by atoms with Gasteiger partial charge in [0.05, 0.1) is 0 Å². The fourth-order valence-corrected chi connectivity index (χ4v) is 2.01. The Bertz CT molecular complexity index is 458. The number of aliphatic carboxylic acids is 1. The van der Waals surface area contributed by atoms with Crippen molar-refractivity contribution in [1.29, 1.82) is 0 Å². The van der Waals surface area contributed by atoms with Crippen molar-refractivity contribution in [2.24, 2.45) is 0 Å². The van der Waals surface area contributed by atoms with Gasteiger partial charge >= 0.3 is 5.97 Å². The molecule has 1 aromatic rings. The molecule has 0 heterocycles. The largest absolute Gasteiger partial charge is 0.479 e. The van der Waals surface area contributed by atoms with Crippen molar-refractivity contribution in [2.45, 2.75) is 19.9 Å². The molecule has 1 N–H and O–H groups in total. The first kappa shape index (κ1) is 14.4. The minimum Gasteiger partial charge on any atom is -0.479 e. The Morgan fingerprint density at radius 1 is 1.44 bits per heavy atom. The molecule has 0 saturated carbocycles. The smallest absolute Gasteiger partial charge is 0.331 e.